The zero-order chi connectivity index (χ0) is 10.1. The van der Waals surface area contributed by atoms with Crippen molar-refractivity contribution in [1.29, 1.82) is 0 Å². The number of benzene rings is 1. The molecule has 0 aliphatic carbocycles. The SMILES string of the molecule is CC.CN.c1ccc2[nH]ncc2c1. The van der Waals surface area contributed by atoms with Crippen LogP contribution in [0.3, 0.4) is 0 Å². The van der Waals surface area contributed by atoms with Crippen LogP contribution in [-0.2, 0) is 0 Å². The normalized spacial score (nSPS) is 8.00. The summed E-state index contributed by atoms with van der Waals surface area (Å²) in [4.78, 5) is 0. The first kappa shape index (κ1) is 11.6. The Labute approximate surface area is 79.0 Å². The van der Waals surface area contributed by atoms with Gasteiger partial charge in [-0.2, -0.15) is 5.10 Å². The van der Waals surface area contributed by atoms with Gasteiger partial charge in [-0.3, -0.25) is 5.10 Å². The summed E-state index contributed by atoms with van der Waals surface area (Å²) < 4.78 is 0. The van der Waals surface area contributed by atoms with Crippen molar-refractivity contribution in [2.45, 2.75) is 13.8 Å². The number of para-hydroxylation sites is 1. The van der Waals surface area contributed by atoms with E-state index in [0.29, 0.717) is 0 Å². The Balaban J connectivity index is 0.000000322. The molecule has 0 aliphatic rings. The van der Waals surface area contributed by atoms with E-state index in [0.717, 1.165) is 10.9 Å². The molecular formula is C10H17N3. The Hall–Kier alpha value is -1.35. The second kappa shape index (κ2) is 7.31. The fraction of sp³-hybridized carbons (Fsp3) is 0.300. The van der Waals surface area contributed by atoms with Gasteiger partial charge in [-0.05, 0) is 13.1 Å². The van der Waals surface area contributed by atoms with Gasteiger partial charge in [0.15, 0.2) is 0 Å². The van der Waals surface area contributed by atoms with Crippen LogP contribution in [0.2, 0.25) is 0 Å². The number of aromatic nitrogens is 2. The predicted octanol–water partition coefficient (Wildman–Crippen LogP) is 2.16. The zero-order valence-electron chi connectivity index (χ0n) is 8.41. The maximum absolute atomic E-state index is 4.50. The second-order valence-electron chi connectivity index (χ2n) is 1.96. The lowest BCUT2D eigenvalue weighted by Gasteiger charge is -1.81. The highest BCUT2D eigenvalue weighted by molar-refractivity contribution is 5.77. The molecule has 2 rings (SSSR count). The molecule has 3 heteroatoms. The first-order valence-electron chi connectivity index (χ1n) is 4.43. The van der Waals surface area contributed by atoms with Crippen LogP contribution in [0.1, 0.15) is 13.8 Å². The van der Waals surface area contributed by atoms with E-state index >= 15 is 0 Å². The fourth-order valence-electron chi connectivity index (χ4n) is 0.883. The summed E-state index contributed by atoms with van der Waals surface area (Å²) >= 11 is 0. The van der Waals surface area contributed by atoms with E-state index in [4.69, 9.17) is 0 Å². The van der Waals surface area contributed by atoms with Crippen LogP contribution in [0.4, 0.5) is 0 Å². The minimum atomic E-state index is 1.09. The molecule has 0 saturated heterocycles. The van der Waals surface area contributed by atoms with Crippen LogP contribution in [0, 0.1) is 0 Å². The molecule has 0 bridgehead atoms. The van der Waals surface area contributed by atoms with Gasteiger partial charge < -0.3 is 5.73 Å². The third kappa shape index (κ3) is 3.25. The van der Waals surface area contributed by atoms with Gasteiger partial charge in [0.05, 0.1) is 11.7 Å². The number of H-pyrrole nitrogens is 1. The van der Waals surface area contributed by atoms with E-state index in [2.05, 4.69) is 15.9 Å². The summed E-state index contributed by atoms with van der Waals surface area (Å²) in [5.41, 5.74) is 5.59. The Kier molecular flexibility index (Phi) is 6.55. The molecule has 0 saturated carbocycles. The lowest BCUT2D eigenvalue weighted by atomic mass is 10.3. The van der Waals surface area contributed by atoms with Crippen LogP contribution < -0.4 is 5.73 Å². The Bertz CT molecular complexity index is 284. The fourth-order valence-corrected chi connectivity index (χ4v) is 0.883. The largest absolute Gasteiger partial charge is 0.333 e. The number of rotatable bonds is 0. The van der Waals surface area contributed by atoms with Crippen LogP contribution >= 0.6 is 0 Å². The second-order valence-corrected chi connectivity index (χ2v) is 1.96. The standard InChI is InChI=1S/C7H6N2.C2H6.CH5N/c1-2-4-7-6(3-1)5-8-9-7;2*1-2/h1-5H,(H,8,9);1-2H3;2H2,1H3. The predicted molar refractivity (Wildman–Crippen MR) is 57.6 cm³/mol. The molecule has 0 atom stereocenters. The highest BCUT2D eigenvalue weighted by atomic mass is 15.1. The number of hydrogen-bond acceptors (Lipinski definition) is 2. The van der Waals surface area contributed by atoms with Gasteiger partial charge in [-0.15, -0.1) is 0 Å². The van der Waals surface area contributed by atoms with Crippen molar-refractivity contribution < 1.29 is 0 Å². The molecule has 13 heavy (non-hydrogen) atoms. The van der Waals surface area contributed by atoms with Crippen molar-refractivity contribution in [3.05, 3.63) is 30.5 Å². The number of hydrogen-bond donors (Lipinski definition) is 2. The van der Waals surface area contributed by atoms with Crippen molar-refractivity contribution in [1.82, 2.24) is 10.2 Å². The van der Waals surface area contributed by atoms with E-state index in [9.17, 15) is 0 Å². The molecule has 1 heterocycles. The van der Waals surface area contributed by atoms with Gasteiger partial charge in [0.2, 0.25) is 0 Å². The van der Waals surface area contributed by atoms with Crippen molar-refractivity contribution in [2.75, 3.05) is 7.05 Å². The third-order valence-corrected chi connectivity index (χ3v) is 1.35. The van der Waals surface area contributed by atoms with E-state index in [1.165, 1.54) is 7.05 Å². The summed E-state index contributed by atoms with van der Waals surface area (Å²) in [7, 11) is 1.50. The van der Waals surface area contributed by atoms with Crippen LogP contribution in [0.5, 0.6) is 0 Å². The topological polar surface area (TPSA) is 54.7 Å². The molecule has 0 aliphatic heterocycles. The van der Waals surface area contributed by atoms with Crippen LogP contribution in [0.15, 0.2) is 30.5 Å². The van der Waals surface area contributed by atoms with E-state index in [1.807, 2.05) is 44.3 Å². The lowest BCUT2D eigenvalue weighted by molar-refractivity contribution is 1.12. The van der Waals surface area contributed by atoms with Gasteiger partial charge >= 0.3 is 0 Å². The first-order valence-corrected chi connectivity index (χ1v) is 4.43. The molecule has 0 spiro atoms. The van der Waals surface area contributed by atoms with Crippen LogP contribution in [0.25, 0.3) is 10.9 Å². The summed E-state index contributed by atoms with van der Waals surface area (Å²) in [5, 5.41) is 7.91. The number of nitrogens with zero attached hydrogens (tertiary/aromatic N) is 1. The Morgan fingerprint density at radius 2 is 1.77 bits per heavy atom. The molecule has 0 amide bonds. The smallest absolute Gasteiger partial charge is 0.0650 e. The highest BCUT2D eigenvalue weighted by Gasteiger charge is 1.88. The number of nitrogens with one attached hydrogen (secondary N) is 1. The van der Waals surface area contributed by atoms with Crippen molar-refractivity contribution in [3.63, 3.8) is 0 Å². The molecule has 0 radical (unpaired) electrons. The van der Waals surface area contributed by atoms with Gasteiger partial charge in [-0.1, -0.05) is 32.0 Å². The summed E-state index contributed by atoms with van der Waals surface area (Å²) in [6.45, 7) is 4.00. The molecule has 1 aromatic carbocycles. The summed E-state index contributed by atoms with van der Waals surface area (Å²) in [6, 6.07) is 8.01. The van der Waals surface area contributed by atoms with Crippen molar-refractivity contribution in [2.24, 2.45) is 5.73 Å². The molecule has 2 aromatic rings. The third-order valence-electron chi connectivity index (χ3n) is 1.35. The van der Waals surface area contributed by atoms with Crippen LogP contribution in [-0.4, -0.2) is 17.2 Å². The quantitative estimate of drug-likeness (QED) is 0.651. The Morgan fingerprint density at radius 1 is 1.15 bits per heavy atom. The van der Waals surface area contributed by atoms with Crippen molar-refractivity contribution in [3.8, 4) is 0 Å². The molecule has 1 aromatic heterocycles. The van der Waals surface area contributed by atoms with E-state index in [-0.39, 0.29) is 0 Å². The average molecular weight is 179 g/mol. The number of fused-ring (bicyclic) bond motifs is 1. The minimum Gasteiger partial charge on any atom is -0.333 e. The van der Waals surface area contributed by atoms with Crippen molar-refractivity contribution >= 4 is 10.9 Å². The first-order chi connectivity index (χ1) is 6.47. The maximum atomic E-state index is 4.50. The monoisotopic (exact) mass is 179 g/mol. The average Bonchev–Trinajstić information content (AvgIpc) is 2.71. The highest BCUT2D eigenvalue weighted by Crippen LogP contribution is 2.06. The van der Waals surface area contributed by atoms with Gasteiger partial charge in [-0.25, -0.2) is 0 Å². The molecular weight excluding hydrogens is 162 g/mol. The van der Waals surface area contributed by atoms with E-state index in [1.54, 1.807) is 0 Å². The molecule has 72 valence electrons. The van der Waals surface area contributed by atoms with Gasteiger partial charge in [0, 0.05) is 5.39 Å². The molecule has 0 fully saturated rings. The van der Waals surface area contributed by atoms with Gasteiger partial charge in [0.25, 0.3) is 0 Å². The number of nitrogens with two attached hydrogens (primary N) is 1. The number of aromatic amines is 1. The lowest BCUT2D eigenvalue weighted by Crippen LogP contribution is -1.69. The molecule has 3 nitrogen and oxygen atoms in total. The summed E-state index contributed by atoms with van der Waals surface area (Å²) in [6.07, 6.45) is 1.81. The molecule has 3 N–H and O–H groups in total. The maximum Gasteiger partial charge on any atom is 0.0650 e. The summed E-state index contributed by atoms with van der Waals surface area (Å²) in [5.74, 6) is 0. The van der Waals surface area contributed by atoms with E-state index < -0.39 is 0 Å². The van der Waals surface area contributed by atoms with Gasteiger partial charge in [0.1, 0.15) is 0 Å². The Morgan fingerprint density at radius 3 is 2.38 bits per heavy atom. The molecule has 0 unspecified atom stereocenters. The minimum absolute atomic E-state index is 1.09. The zero-order valence-corrected chi connectivity index (χ0v) is 8.41.